The summed E-state index contributed by atoms with van der Waals surface area (Å²) in [6, 6.07) is 5.87. The van der Waals surface area contributed by atoms with Crippen molar-refractivity contribution in [1.82, 2.24) is 0 Å². The minimum absolute atomic E-state index is 0.0231. The lowest BCUT2D eigenvalue weighted by molar-refractivity contribution is 0.239. The number of para-hydroxylation sites is 1. The lowest BCUT2D eigenvalue weighted by Gasteiger charge is -2.09. The first-order valence-electron chi connectivity index (χ1n) is 3.41. The van der Waals surface area contributed by atoms with Gasteiger partial charge in [0.05, 0.1) is 0 Å². The average Bonchev–Trinajstić information content (AvgIpc) is 2.02. The van der Waals surface area contributed by atoms with E-state index in [1.165, 1.54) is 18.2 Å². The Morgan fingerprint density at radius 2 is 1.85 bits per heavy atom. The van der Waals surface area contributed by atoms with Crippen molar-refractivity contribution in [2.24, 2.45) is 0 Å². The lowest BCUT2D eigenvalue weighted by atomic mass is 10.2. The zero-order valence-corrected chi connectivity index (χ0v) is 7.40. The summed E-state index contributed by atoms with van der Waals surface area (Å²) >= 11 is 0. The number of hydrogen-bond acceptors (Lipinski definition) is 4. The molecule has 4 N–H and O–H groups in total. The number of nitrogens with two attached hydrogens (primary N) is 1. The molecule has 0 saturated heterocycles. The van der Waals surface area contributed by atoms with Gasteiger partial charge in [-0.25, -0.2) is 0 Å². The van der Waals surface area contributed by atoms with Crippen molar-refractivity contribution in [3.05, 3.63) is 29.8 Å². The molecular weight excluding hydrogens is 194 g/mol. The number of anilines is 1. The second-order valence-electron chi connectivity index (χ2n) is 2.50. The van der Waals surface area contributed by atoms with E-state index in [0.717, 1.165) is 0 Å². The maximum atomic E-state index is 10.5. The maximum Gasteiger partial charge on any atom is 0.296 e. The molecule has 0 bridgehead atoms. The number of benzene rings is 1. The van der Waals surface area contributed by atoms with Gasteiger partial charge >= 0.3 is 0 Å². The van der Waals surface area contributed by atoms with Gasteiger partial charge in [0.15, 0.2) is 0 Å². The summed E-state index contributed by atoms with van der Waals surface area (Å²) in [5.41, 5.74) is 3.50. The van der Waals surface area contributed by atoms with Gasteiger partial charge in [-0.1, -0.05) is 18.2 Å². The Labute approximate surface area is 75.6 Å². The fraction of sp³-hybridized carbons (Fsp3) is 0.143. The molecule has 1 unspecified atom stereocenters. The molecule has 0 fully saturated rings. The number of rotatable bonds is 2. The highest BCUT2D eigenvalue weighted by molar-refractivity contribution is 7.85. The predicted molar refractivity (Wildman–Crippen MR) is 47.4 cm³/mol. The first-order chi connectivity index (χ1) is 5.93. The van der Waals surface area contributed by atoms with Crippen molar-refractivity contribution >= 4 is 15.8 Å². The second kappa shape index (κ2) is 3.33. The van der Waals surface area contributed by atoms with Crippen molar-refractivity contribution in [3.63, 3.8) is 0 Å². The Hall–Kier alpha value is -1.11. The van der Waals surface area contributed by atoms with E-state index in [4.69, 9.17) is 15.4 Å². The van der Waals surface area contributed by atoms with Gasteiger partial charge in [-0.2, -0.15) is 8.42 Å². The van der Waals surface area contributed by atoms with Crippen LogP contribution < -0.4 is 5.73 Å². The third kappa shape index (κ3) is 2.18. The van der Waals surface area contributed by atoms with Crippen LogP contribution in [-0.4, -0.2) is 18.1 Å². The van der Waals surface area contributed by atoms with Crippen LogP contribution >= 0.6 is 0 Å². The Morgan fingerprint density at radius 1 is 1.31 bits per heavy atom. The smallest absolute Gasteiger partial charge is 0.296 e. The normalized spacial score (nSPS) is 14.0. The minimum Gasteiger partial charge on any atom is -0.398 e. The summed E-state index contributed by atoms with van der Waals surface area (Å²) in [5.74, 6) is 0. The van der Waals surface area contributed by atoms with Gasteiger partial charge in [0.2, 0.25) is 5.44 Å². The highest BCUT2D eigenvalue weighted by Gasteiger charge is 2.23. The molecule has 5 nitrogen and oxygen atoms in total. The van der Waals surface area contributed by atoms with Gasteiger partial charge in [0.1, 0.15) is 0 Å². The van der Waals surface area contributed by atoms with E-state index in [2.05, 4.69) is 0 Å². The monoisotopic (exact) mass is 203 g/mol. The van der Waals surface area contributed by atoms with Crippen LogP contribution in [0.25, 0.3) is 0 Å². The van der Waals surface area contributed by atoms with Gasteiger partial charge in [-0.3, -0.25) is 4.55 Å². The SMILES string of the molecule is Nc1ccccc1C(O)S(=O)(=O)O. The lowest BCUT2D eigenvalue weighted by Crippen LogP contribution is -2.12. The number of hydrogen-bond donors (Lipinski definition) is 3. The Kier molecular flexibility index (Phi) is 2.55. The molecule has 6 heteroatoms. The average molecular weight is 203 g/mol. The first-order valence-corrected chi connectivity index (χ1v) is 4.92. The Bertz CT molecular complexity index is 401. The zero-order valence-electron chi connectivity index (χ0n) is 6.58. The summed E-state index contributed by atoms with van der Waals surface area (Å²) in [6.07, 6.45) is 0. The van der Waals surface area contributed by atoms with E-state index in [-0.39, 0.29) is 11.3 Å². The fourth-order valence-corrected chi connectivity index (χ4v) is 1.43. The summed E-state index contributed by atoms with van der Waals surface area (Å²) in [6.45, 7) is 0. The molecular formula is C7H9NO4S. The molecule has 0 heterocycles. The van der Waals surface area contributed by atoms with Crippen LogP contribution in [0.4, 0.5) is 5.69 Å². The predicted octanol–water partition coefficient (Wildman–Crippen LogP) is 0.148. The third-order valence-corrected chi connectivity index (χ3v) is 2.36. The van der Waals surface area contributed by atoms with Crippen LogP contribution in [-0.2, 0) is 10.1 Å². The van der Waals surface area contributed by atoms with Crippen molar-refractivity contribution in [2.45, 2.75) is 5.44 Å². The molecule has 0 aliphatic heterocycles. The van der Waals surface area contributed by atoms with Crippen LogP contribution in [0.2, 0.25) is 0 Å². The molecule has 0 radical (unpaired) electrons. The van der Waals surface area contributed by atoms with Crippen LogP contribution in [0.1, 0.15) is 11.0 Å². The number of aliphatic hydroxyl groups excluding tert-OH is 1. The quantitative estimate of drug-likeness (QED) is 0.469. The molecule has 0 spiro atoms. The molecule has 0 amide bonds. The molecule has 0 aliphatic carbocycles. The number of nitrogen functional groups attached to an aromatic ring is 1. The van der Waals surface area contributed by atoms with E-state index in [0.29, 0.717) is 0 Å². The van der Waals surface area contributed by atoms with Gasteiger partial charge in [-0.15, -0.1) is 0 Å². The highest BCUT2D eigenvalue weighted by atomic mass is 32.2. The van der Waals surface area contributed by atoms with Gasteiger partial charge in [-0.05, 0) is 6.07 Å². The van der Waals surface area contributed by atoms with Crippen molar-refractivity contribution in [3.8, 4) is 0 Å². The molecule has 13 heavy (non-hydrogen) atoms. The van der Waals surface area contributed by atoms with Crippen molar-refractivity contribution < 1.29 is 18.1 Å². The van der Waals surface area contributed by atoms with Gasteiger partial charge in [0.25, 0.3) is 10.1 Å². The molecule has 1 aromatic rings. The van der Waals surface area contributed by atoms with Crippen LogP contribution in [0.3, 0.4) is 0 Å². The Morgan fingerprint density at radius 3 is 2.31 bits per heavy atom. The first kappa shape index (κ1) is 9.97. The largest absolute Gasteiger partial charge is 0.398 e. The van der Waals surface area contributed by atoms with Gasteiger partial charge < -0.3 is 10.8 Å². The molecule has 0 aromatic heterocycles. The molecule has 1 aromatic carbocycles. The minimum atomic E-state index is -4.50. The molecule has 1 atom stereocenters. The van der Waals surface area contributed by atoms with E-state index in [1.54, 1.807) is 6.07 Å². The van der Waals surface area contributed by atoms with Crippen LogP contribution in [0.5, 0.6) is 0 Å². The Balaban J connectivity index is 3.17. The number of aliphatic hydroxyl groups is 1. The fourth-order valence-electron chi connectivity index (χ4n) is 0.896. The van der Waals surface area contributed by atoms with Crippen LogP contribution in [0.15, 0.2) is 24.3 Å². The van der Waals surface area contributed by atoms with E-state index >= 15 is 0 Å². The highest BCUT2D eigenvalue weighted by Crippen LogP contribution is 2.23. The molecule has 0 aliphatic rings. The second-order valence-corrected chi connectivity index (χ2v) is 3.97. The van der Waals surface area contributed by atoms with Crippen molar-refractivity contribution in [2.75, 3.05) is 5.73 Å². The maximum absolute atomic E-state index is 10.5. The van der Waals surface area contributed by atoms with Gasteiger partial charge in [0, 0.05) is 11.3 Å². The summed E-state index contributed by atoms with van der Waals surface area (Å²) in [7, 11) is -4.50. The third-order valence-electron chi connectivity index (χ3n) is 1.54. The van der Waals surface area contributed by atoms with E-state index in [1.807, 2.05) is 0 Å². The topological polar surface area (TPSA) is 101 Å². The van der Waals surface area contributed by atoms with E-state index in [9.17, 15) is 8.42 Å². The van der Waals surface area contributed by atoms with Crippen molar-refractivity contribution in [1.29, 1.82) is 0 Å². The summed E-state index contributed by atoms with van der Waals surface area (Å²) in [4.78, 5) is 0. The standard InChI is InChI=1S/C7H9NO4S/c8-6-4-2-1-3-5(6)7(9)13(10,11)12/h1-4,7,9H,8H2,(H,10,11,12). The molecule has 0 saturated carbocycles. The van der Waals surface area contributed by atoms with E-state index < -0.39 is 15.6 Å². The summed E-state index contributed by atoms with van der Waals surface area (Å²) < 4.78 is 29.6. The zero-order chi connectivity index (χ0) is 10.1. The molecule has 1 rings (SSSR count). The molecule has 72 valence electrons. The summed E-state index contributed by atoms with van der Waals surface area (Å²) in [5, 5.41) is 9.12. The van der Waals surface area contributed by atoms with Crippen LogP contribution in [0, 0.1) is 0 Å².